The maximum atomic E-state index is 13.3. The highest BCUT2D eigenvalue weighted by molar-refractivity contribution is 7.14. The van der Waals surface area contributed by atoms with Crippen LogP contribution in [-0.2, 0) is 16.9 Å². The molecule has 4 rings (SSSR count). The maximum Gasteiger partial charge on any atom is 0.264 e. The van der Waals surface area contributed by atoms with Crippen molar-refractivity contribution in [3.8, 4) is 0 Å². The number of hydrogen-bond donors (Lipinski definition) is 1. The highest BCUT2D eigenvalue weighted by atomic mass is 35.5. The Morgan fingerprint density at radius 3 is 2.41 bits per heavy atom. The van der Waals surface area contributed by atoms with E-state index in [4.69, 9.17) is 23.2 Å². The molecule has 0 radical (unpaired) electrons. The van der Waals surface area contributed by atoms with Crippen LogP contribution < -0.4 is 4.90 Å². The lowest BCUT2D eigenvalue weighted by molar-refractivity contribution is -0.136. The number of aliphatic hydroxyl groups is 1. The first kappa shape index (κ1) is 20.1. The maximum absolute atomic E-state index is 13.3. The van der Waals surface area contributed by atoms with E-state index in [0.29, 0.717) is 26.2 Å². The summed E-state index contributed by atoms with van der Waals surface area (Å²) in [6, 6.07) is 15.6. The van der Waals surface area contributed by atoms with Crippen LogP contribution in [0.5, 0.6) is 0 Å². The molecule has 1 N–H and O–H groups in total. The molecule has 0 bridgehead atoms. The Labute approximate surface area is 182 Å². The second kappa shape index (κ2) is 7.58. The number of fused-ring (bicyclic) bond motifs is 1. The van der Waals surface area contributed by atoms with Crippen LogP contribution >= 0.6 is 34.5 Å². The molecule has 3 aromatic rings. The van der Waals surface area contributed by atoms with Crippen molar-refractivity contribution in [2.75, 3.05) is 4.90 Å². The fourth-order valence-electron chi connectivity index (χ4n) is 3.53. The number of carbonyl (C=O) groups is 2. The Bertz CT molecular complexity index is 1110. The van der Waals surface area contributed by atoms with E-state index in [9.17, 15) is 14.7 Å². The Hall–Kier alpha value is -2.18. The third-order valence-electron chi connectivity index (χ3n) is 4.98. The molecule has 1 aromatic heterocycles. The Morgan fingerprint density at radius 1 is 1.07 bits per heavy atom. The van der Waals surface area contributed by atoms with Gasteiger partial charge in [-0.2, -0.15) is 0 Å². The fraction of sp³-hybridized carbons (Fsp3) is 0.182. The first-order valence-corrected chi connectivity index (χ1v) is 10.5. The number of carbonyl (C=O) groups excluding carboxylic acids is 2. The van der Waals surface area contributed by atoms with E-state index in [1.807, 2.05) is 25.1 Å². The number of benzene rings is 2. The lowest BCUT2D eigenvalue weighted by atomic mass is 9.89. The summed E-state index contributed by atoms with van der Waals surface area (Å²) in [5.74, 6) is -0.815. The minimum absolute atomic E-state index is 0.249. The van der Waals surface area contributed by atoms with Gasteiger partial charge in [0.25, 0.3) is 5.91 Å². The van der Waals surface area contributed by atoms with Gasteiger partial charge < -0.3 is 10.0 Å². The van der Waals surface area contributed by atoms with Crippen molar-refractivity contribution in [2.45, 2.75) is 25.5 Å². The summed E-state index contributed by atoms with van der Waals surface area (Å²) < 4.78 is 0. The van der Waals surface area contributed by atoms with Gasteiger partial charge in [-0.15, -0.1) is 11.3 Å². The van der Waals surface area contributed by atoms with Gasteiger partial charge in [0.15, 0.2) is 11.4 Å². The monoisotopic (exact) mass is 445 g/mol. The van der Waals surface area contributed by atoms with Gasteiger partial charge >= 0.3 is 0 Å². The molecular formula is C22H17Cl2NO3S. The van der Waals surface area contributed by atoms with Crippen molar-refractivity contribution in [1.82, 2.24) is 0 Å². The average molecular weight is 446 g/mol. The molecule has 0 fully saturated rings. The molecule has 0 saturated heterocycles. The van der Waals surface area contributed by atoms with E-state index >= 15 is 0 Å². The van der Waals surface area contributed by atoms with Gasteiger partial charge in [0.05, 0.1) is 23.5 Å². The molecule has 7 heteroatoms. The lowest BCUT2D eigenvalue weighted by Crippen LogP contribution is -2.41. The number of rotatable bonds is 5. The quantitative estimate of drug-likeness (QED) is 0.536. The fourth-order valence-corrected chi connectivity index (χ4v) is 4.63. The van der Waals surface area contributed by atoms with Crippen LogP contribution in [-0.4, -0.2) is 16.8 Å². The van der Waals surface area contributed by atoms with E-state index in [1.54, 1.807) is 36.4 Å². The summed E-state index contributed by atoms with van der Waals surface area (Å²) >= 11 is 13.4. The van der Waals surface area contributed by atoms with Crippen molar-refractivity contribution in [1.29, 1.82) is 0 Å². The van der Waals surface area contributed by atoms with Crippen molar-refractivity contribution in [2.24, 2.45) is 0 Å². The number of Topliss-reactive ketones (excluding diaryl/α,β-unsaturated/α-hetero) is 1. The van der Waals surface area contributed by atoms with E-state index in [2.05, 4.69) is 0 Å². The van der Waals surface area contributed by atoms with E-state index < -0.39 is 11.5 Å². The number of amides is 1. The number of hydrogen-bond acceptors (Lipinski definition) is 4. The molecule has 1 aliphatic rings. The number of thiophene rings is 1. The molecule has 2 aromatic carbocycles. The molecule has 0 aliphatic carbocycles. The van der Waals surface area contributed by atoms with Crippen molar-refractivity contribution < 1.29 is 14.7 Å². The molecule has 0 unspecified atom stereocenters. The van der Waals surface area contributed by atoms with Crippen molar-refractivity contribution >= 4 is 51.9 Å². The average Bonchev–Trinajstić information content (AvgIpc) is 3.20. The van der Waals surface area contributed by atoms with Crippen LogP contribution in [0.4, 0.5) is 5.69 Å². The number of nitrogens with zero attached hydrogens (tertiary/aromatic N) is 1. The second-order valence-corrected chi connectivity index (χ2v) is 9.21. The summed E-state index contributed by atoms with van der Waals surface area (Å²) in [7, 11) is 0. The Kier molecular flexibility index (Phi) is 5.25. The van der Waals surface area contributed by atoms with Gasteiger partial charge in [0.1, 0.15) is 0 Å². The molecule has 0 spiro atoms. The highest BCUT2D eigenvalue weighted by Crippen LogP contribution is 2.45. The molecule has 1 atom stereocenters. The topological polar surface area (TPSA) is 57.6 Å². The van der Waals surface area contributed by atoms with Crippen LogP contribution in [0.25, 0.3) is 0 Å². The van der Waals surface area contributed by atoms with Crippen molar-refractivity contribution in [3.05, 3.63) is 85.5 Å². The van der Waals surface area contributed by atoms with Crippen LogP contribution in [0.1, 0.15) is 32.1 Å². The lowest BCUT2D eigenvalue weighted by Gasteiger charge is -2.22. The minimum Gasteiger partial charge on any atom is -0.375 e. The SMILES string of the molecule is Cc1ccc(C(=O)C[C@@]2(O)C(=O)N(Cc3ccc(Cl)cc3)c3ccc(Cl)cc32)s1. The Balaban J connectivity index is 1.71. The third-order valence-corrected chi connectivity index (χ3v) is 6.51. The number of aryl methyl sites for hydroxylation is 1. The molecule has 29 heavy (non-hydrogen) atoms. The van der Waals surface area contributed by atoms with Crippen LogP contribution in [0, 0.1) is 6.92 Å². The number of ketones is 1. The molecular weight excluding hydrogens is 429 g/mol. The number of anilines is 1. The summed E-state index contributed by atoms with van der Waals surface area (Å²) in [6.07, 6.45) is -0.337. The van der Waals surface area contributed by atoms with Gasteiger partial charge in [-0.05, 0) is 55.0 Å². The summed E-state index contributed by atoms with van der Waals surface area (Å²) in [4.78, 5) is 29.1. The standard InChI is InChI=1S/C22H17Cl2NO3S/c1-13-2-9-20(29-13)19(26)11-22(28)17-10-16(24)7-8-18(17)25(21(22)27)12-14-3-5-15(23)6-4-14/h2-10,28H,11-12H2,1H3/t22-/m0/s1. The molecule has 4 nitrogen and oxygen atoms in total. The van der Waals surface area contributed by atoms with E-state index in [0.717, 1.165) is 10.4 Å². The molecule has 1 aliphatic heterocycles. The predicted octanol–water partition coefficient (Wildman–Crippen LogP) is 5.37. The van der Waals surface area contributed by atoms with E-state index in [-0.39, 0.29) is 18.7 Å². The normalized spacial score (nSPS) is 18.2. The zero-order valence-corrected chi connectivity index (χ0v) is 17.8. The van der Waals surface area contributed by atoms with Crippen LogP contribution in [0.3, 0.4) is 0 Å². The molecule has 1 amide bonds. The second-order valence-electron chi connectivity index (χ2n) is 7.05. The van der Waals surface area contributed by atoms with E-state index in [1.165, 1.54) is 16.2 Å². The molecule has 2 heterocycles. The molecule has 0 saturated carbocycles. The Morgan fingerprint density at radius 2 is 1.76 bits per heavy atom. The molecule has 148 valence electrons. The smallest absolute Gasteiger partial charge is 0.264 e. The van der Waals surface area contributed by atoms with Gasteiger partial charge in [0, 0.05) is 20.5 Å². The highest BCUT2D eigenvalue weighted by Gasteiger charge is 2.51. The van der Waals surface area contributed by atoms with Crippen LogP contribution in [0.15, 0.2) is 54.6 Å². The zero-order valence-electron chi connectivity index (χ0n) is 15.5. The van der Waals surface area contributed by atoms with Gasteiger partial charge in [-0.25, -0.2) is 0 Å². The van der Waals surface area contributed by atoms with Gasteiger partial charge in [0.2, 0.25) is 0 Å². The van der Waals surface area contributed by atoms with Crippen molar-refractivity contribution in [3.63, 3.8) is 0 Å². The largest absolute Gasteiger partial charge is 0.375 e. The van der Waals surface area contributed by atoms with Gasteiger partial charge in [-0.3, -0.25) is 9.59 Å². The first-order valence-electron chi connectivity index (χ1n) is 8.96. The first-order chi connectivity index (χ1) is 13.8. The zero-order chi connectivity index (χ0) is 20.8. The summed E-state index contributed by atoms with van der Waals surface area (Å²) in [6.45, 7) is 2.15. The predicted molar refractivity (Wildman–Crippen MR) is 116 cm³/mol. The van der Waals surface area contributed by atoms with Gasteiger partial charge in [-0.1, -0.05) is 35.3 Å². The minimum atomic E-state index is -1.96. The summed E-state index contributed by atoms with van der Waals surface area (Å²) in [5.41, 5.74) is -0.201. The van der Waals surface area contributed by atoms with Crippen LogP contribution in [0.2, 0.25) is 10.0 Å². The number of halogens is 2. The third kappa shape index (κ3) is 3.71. The summed E-state index contributed by atoms with van der Waals surface area (Å²) in [5, 5.41) is 12.4.